The summed E-state index contributed by atoms with van der Waals surface area (Å²) in [7, 11) is -2.30. The number of hydrogen-bond donors (Lipinski definition) is 0. The van der Waals surface area contributed by atoms with Gasteiger partial charge in [-0.05, 0) is 30.9 Å². The van der Waals surface area contributed by atoms with Crippen molar-refractivity contribution in [2.45, 2.75) is 36.6 Å². The van der Waals surface area contributed by atoms with Gasteiger partial charge in [0.25, 0.3) is 0 Å². The minimum absolute atomic E-state index is 0.00485. The SMILES string of the molecule is COC(=O)C=CC[C@H]1CC(=O)O[C@@H]([C@H](C)CS(=O)(=O)c2nc3ccccc3s2)C1. The number of cyclic esters (lactones) is 1. The largest absolute Gasteiger partial charge is 0.466 e. The summed E-state index contributed by atoms with van der Waals surface area (Å²) in [6.07, 6.45) is 3.84. The summed E-state index contributed by atoms with van der Waals surface area (Å²) >= 11 is 1.15. The molecule has 1 aliphatic rings. The van der Waals surface area contributed by atoms with Crippen molar-refractivity contribution in [1.82, 2.24) is 4.98 Å². The second kappa shape index (κ2) is 9.04. The third-order valence-electron chi connectivity index (χ3n) is 4.89. The molecule has 7 nitrogen and oxygen atoms in total. The highest BCUT2D eigenvalue weighted by Crippen LogP contribution is 2.31. The van der Waals surface area contributed by atoms with Crippen molar-refractivity contribution in [1.29, 1.82) is 0 Å². The van der Waals surface area contributed by atoms with Crippen LogP contribution in [-0.2, 0) is 28.9 Å². The lowest BCUT2D eigenvalue weighted by molar-refractivity contribution is -0.159. The van der Waals surface area contributed by atoms with Crippen LogP contribution >= 0.6 is 11.3 Å². The molecule has 3 rings (SSSR count). The Hall–Kier alpha value is -2.26. The van der Waals surface area contributed by atoms with Crippen LogP contribution in [-0.4, -0.2) is 44.3 Å². The van der Waals surface area contributed by atoms with Crippen LogP contribution in [0.1, 0.15) is 26.2 Å². The van der Waals surface area contributed by atoms with E-state index in [-0.39, 0.29) is 34.3 Å². The minimum Gasteiger partial charge on any atom is -0.466 e. The van der Waals surface area contributed by atoms with E-state index >= 15 is 0 Å². The van der Waals surface area contributed by atoms with Crippen LogP contribution in [0.2, 0.25) is 0 Å². The Balaban J connectivity index is 1.66. The topological polar surface area (TPSA) is 99.6 Å². The molecule has 0 aliphatic carbocycles. The number of hydrogen-bond acceptors (Lipinski definition) is 8. The van der Waals surface area contributed by atoms with E-state index < -0.39 is 21.9 Å². The molecule has 0 spiro atoms. The molecule has 1 aromatic carbocycles. The minimum atomic E-state index is -3.60. The number of nitrogens with zero attached hydrogens (tertiary/aromatic N) is 1. The van der Waals surface area contributed by atoms with Gasteiger partial charge in [-0.25, -0.2) is 18.2 Å². The zero-order valence-electron chi connectivity index (χ0n) is 16.2. The maximum atomic E-state index is 12.8. The average molecular weight is 438 g/mol. The predicted molar refractivity (Wildman–Crippen MR) is 109 cm³/mol. The molecule has 0 N–H and O–H groups in total. The van der Waals surface area contributed by atoms with Crippen molar-refractivity contribution in [2.75, 3.05) is 12.9 Å². The van der Waals surface area contributed by atoms with Crippen molar-refractivity contribution < 1.29 is 27.5 Å². The fraction of sp³-hybridized carbons (Fsp3) is 0.450. The number of fused-ring (bicyclic) bond motifs is 1. The fourth-order valence-corrected chi connectivity index (χ4v) is 6.34. The molecule has 156 valence electrons. The number of allylic oxidation sites excluding steroid dienone is 1. The Morgan fingerprint density at radius 2 is 2.17 bits per heavy atom. The number of methoxy groups -OCH3 is 1. The lowest BCUT2D eigenvalue weighted by Gasteiger charge is -2.32. The normalized spacial score (nSPS) is 21.2. The first kappa shape index (κ1) is 21.4. The van der Waals surface area contributed by atoms with Gasteiger partial charge in [-0.3, -0.25) is 4.79 Å². The first-order valence-electron chi connectivity index (χ1n) is 9.31. The number of benzene rings is 1. The van der Waals surface area contributed by atoms with Gasteiger partial charge in [0.05, 0.1) is 23.1 Å². The Kier molecular flexibility index (Phi) is 6.69. The summed E-state index contributed by atoms with van der Waals surface area (Å²) in [6.45, 7) is 1.77. The summed E-state index contributed by atoms with van der Waals surface area (Å²) in [4.78, 5) is 27.4. The van der Waals surface area contributed by atoms with Crippen LogP contribution in [0.3, 0.4) is 0 Å². The molecular weight excluding hydrogens is 414 g/mol. The smallest absolute Gasteiger partial charge is 0.330 e. The molecule has 0 unspecified atom stereocenters. The van der Waals surface area contributed by atoms with Crippen LogP contribution < -0.4 is 0 Å². The molecule has 2 aromatic rings. The average Bonchev–Trinajstić information content (AvgIpc) is 3.12. The molecule has 9 heteroatoms. The highest BCUT2D eigenvalue weighted by atomic mass is 32.2. The third-order valence-corrected chi connectivity index (χ3v) is 8.32. The first-order valence-corrected chi connectivity index (χ1v) is 11.8. The van der Waals surface area contributed by atoms with Gasteiger partial charge in [-0.2, -0.15) is 0 Å². The van der Waals surface area contributed by atoms with Crippen molar-refractivity contribution in [3.8, 4) is 0 Å². The van der Waals surface area contributed by atoms with Gasteiger partial charge >= 0.3 is 11.9 Å². The molecule has 3 atom stereocenters. The monoisotopic (exact) mass is 437 g/mol. The van der Waals surface area contributed by atoms with Gasteiger partial charge in [-0.1, -0.05) is 25.1 Å². The van der Waals surface area contributed by atoms with Crippen LogP contribution in [0.25, 0.3) is 10.2 Å². The molecule has 0 amide bonds. The molecule has 2 heterocycles. The van der Waals surface area contributed by atoms with Gasteiger partial charge in [-0.15, -0.1) is 11.3 Å². The third kappa shape index (κ3) is 5.42. The van der Waals surface area contributed by atoms with Crippen LogP contribution in [0, 0.1) is 11.8 Å². The highest BCUT2D eigenvalue weighted by Gasteiger charge is 2.34. The molecule has 0 radical (unpaired) electrons. The number of aromatic nitrogens is 1. The van der Waals surface area contributed by atoms with Gasteiger partial charge in [0.2, 0.25) is 14.2 Å². The number of ether oxygens (including phenoxy) is 2. The number of para-hydroxylation sites is 1. The molecule has 1 aromatic heterocycles. The van der Waals surface area contributed by atoms with Gasteiger partial charge < -0.3 is 9.47 Å². The number of carbonyl (C=O) groups is 2. The summed E-state index contributed by atoms with van der Waals surface area (Å²) in [5.74, 6) is -1.31. The lowest BCUT2D eigenvalue weighted by Crippen LogP contribution is -2.36. The van der Waals surface area contributed by atoms with Crippen LogP contribution in [0.15, 0.2) is 40.8 Å². The van der Waals surface area contributed by atoms with Crippen molar-refractivity contribution in [3.63, 3.8) is 0 Å². The molecule has 1 aliphatic heterocycles. The van der Waals surface area contributed by atoms with E-state index in [2.05, 4.69) is 9.72 Å². The van der Waals surface area contributed by atoms with E-state index in [1.165, 1.54) is 13.2 Å². The van der Waals surface area contributed by atoms with Crippen LogP contribution in [0.5, 0.6) is 0 Å². The standard InChI is InChI=1S/C20H23NO6S2/c1-13(12-29(24,25)20-21-15-7-3-4-8-17(15)28-20)16-10-14(11-19(23)27-16)6-5-9-18(22)26-2/h3-5,7-9,13-14,16H,6,10-12H2,1-2H3/t13-,14-,16-/m1/s1. The second-order valence-corrected chi connectivity index (χ2v) is 10.4. The molecule has 29 heavy (non-hydrogen) atoms. The van der Waals surface area contributed by atoms with Crippen molar-refractivity contribution in [3.05, 3.63) is 36.4 Å². The number of carbonyl (C=O) groups excluding carboxylic acids is 2. The zero-order chi connectivity index (χ0) is 21.0. The molecular formula is C20H23NO6S2. The van der Waals surface area contributed by atoms with E-state index in [1.807, 2.05) is 18.2 Å². The molecule has 1 fully saturated rings. The molecule has 1 saturated heterocycles. The van der Waals surface area contributed by atoms with Gasteiger partial charge in [0, 0.05) is 18.4 Å². The predicted octanol–water partition coefficient (Wildman–Crippen LogP) is 3.15. The quantitative estimate of drug-likeness (QED) is 0.484. The summed E-state index contributed by atoms with van der Waals surface area (Å²) in [5, 5.41) is 0. The van der Waals surface area contributed by atoms with Crippen molar-refractivity contribution in [2.24, 2.45) is 11.8 Å². The fourth-order valence-electron chi connectivity index (χ4n) is 3.37. The Labute approximate surface area is 173 Å². The lowest BCUT2D eigenvalue weighted by atomic mass is 9.87. The van der Waals surface area contributed by atoms with Gasteiger partial charge in [0.1, 0.15) is 6.10 Å². The van der Waals surface area contributed by atoms with E-state index in [1.54, 1.807) is 19.1 Å². The highest BCUT2D eigenvalue weighted by molar-refractivity contribution is 7.93. The summed E-state index contributed by atoms with van der Waals surface area (Å²) < 4.78 is 36.6. The van der Waals surface area contributed by atoms with E-state index in [9.17, 15) is 18.0 Å². The second-order valence-electron chi connectivity index (χ2n) is 7.20. The number of esters is 2. The number of rotatable bonds is 7. The van der Waals surface area contributed by atoms with Crippen molar-refractivity contribution >= 4 is 43.3 Å². The molecule has 0 saturated carbocycles. The zero-order valence-corrected chi connectivity index (χ0v) is 17.9. The number of thiazole rings is 1. The van der Waals surface area contributed by atoms with E-state index in [4.69, 9.17) is 4.74 Å². The Morgan fingerprint density at radius 3 is 2.90 bits per heavy atom. The van der Waals surface area contributed by atoms with E-state index in [0.29, 0.717) is 18.4 Å². The van der Waals surface area contributed by atoms with Crippen LogP contribution in [0.4, 0.5) is 0 Å². The Morgan fingerprint density at radius 1 is 1.41 bits per heavy atom. The summed E-state index contributed by atoms with van der Waals surface area (Å²) in [5.41, 5.74) is 0.658. The van der Waals surface area contributed by atoms with E-state index in [0.717, 1.165) is 16.0 Å². The maximum Gasteiger partial charge on any atom is 0.330 e. The molecule has 0 bridgehead atoms. The maximum absolute atomic E-state index is 12.8. The Bertz CT molecular complexity index is 994. The van der Waals surface area contributed by atoms with Gasteiger partial charge in [0.15, 0.2) is 0 Å². The first-order chi connectivity index (χ1) is 13.8. The number of sulfone groups is 1. The summed E-state index contributed by atoms with van der Waals surface area (Å²) in [6, 6.07) is 7.28.